The molecule has 1 aromatic heterocycles. The highest BCUT2D eigenvalue weighted by atomic mass is 16.5. The van der Waals surface area contributed by atoms with Crippen LogP contribution in [-0.2, 0) is 11.2 Å². The van der Waals surface area contributed by atoms with Crippen molar-refractivity contribution in [3.8, 4) is 17.2 Å². The zero-order valence-corrected chi connectivity index (χ0v) is 20.5. The predicted molar refractivity (Wildman–Crippen MR) is 131 cm³/mol. The molecule has 8 heteroatoms. The number of para-hydroxylation sites is 2. The summed E-state index contributed by atoms with van der Waals surface area (Å²) in [5.41, 5.74) is 2.34. The standard InChI is InChI=1S/C26H33N3O5/c1-17(18(2)30)29-21-12-9-8-11-20(21)28-24(29)13-7-6-10-14-27-26(31)19-15-22(32-3)25(34-5)23(16-19)33-4/h8-9,11-12,15-17H,6-7,10,13-14H2,1-5H3,(H,27,31). The quantitative estimate of drug-likeness (QED) is 0.398. The molecule has 8 nitrogen and oxygen atoms in total. The molecule has 0 radical (unpaired) electrons. The minimum absolute atomic E-state index is 0.110. The van der Waals surface area contributed by atoms with Gasteiger partial charge in [0.25, 0.3) is 5.91 Å². The Labute approximate surface area is 200 Å². The maximum Gasteiger partial charge on any atom is 0.251 e. The number of aryl methyl sites for hydroxylation is 1. The number of imidazole rings is 1. The Morgan fingerprint density at radius 2 is 1.68 bits per heavy atom. The van der Waals surface area contributed by atoms with E-state index in [1.807, 2.05) is 35.8 Å². The van der Waals surface area contributed by atoms with Crippen LogP contribution in [0.15, 0.2) is 36.4 Å². The summed E-state index contributed by atoms with van der Waals surface area (Å²) in [6.07, 6.45) is 3.44. The van der Waals surface area contributed by atoms with Gasteiger partial charge in [-0.25, -0.2) is 4.98 Å². The molecular weight excluding hydrogens is 434 g/mol. The third-order valence-electron chi connectivity index (χ3n) is 5.93. The van der Waals surface area contributed by atoms with Crippen molar-refractivity contribution in [1.82, 2.24) is 14.9 Å². The van der Waals surface area contributed by atoms with Crippen LogP contribution in [0.2, 0.25) is 0 Å². The number of hydrogen-bond acceptors (Lipinski definition) is 6. The van der Waals surface area contributed by atoms with Gasteiger partial charge >= 0.3 is 0 Å². The molecule has 0 aliphatic heterocycles. The topological polar surface area (TPSA) is 91.7 Å². The third kappa shape index (κ3) is 5.50. The molecule has 0 fully saturated rings. The van der Waals surface area contributed by atoms with Gasteiger partial charge in [0.1, 0.15) is 5.82 Å². The van der Waals surface area contributed by atoms with Crippen LogP contribution in [0.25, 0.3) is 11.0 Å². The summed E-state index contributed by atoms with van der Waals surface area (Å²) >= 11 is 0. The lowest BCUT2D eigenvalue weighted by atomic mass is 10.1. The van der Waals surface area contributed by atoms with Crippen LogP contribution in [0.3, 0.4) is 0 Å². The minimum atomic E-state index is -0.250. The van der Waals surface area contributed by atoms with Crippen molar-refractivity contribution in [2.24, 2.45) is 0 Å². The first kappa shape index (κ1) is 25.1. The summed E-state index contributed by atoms with van der Waals surface area (Å²) < 4.78 is 18.0. The number of carbonyl (C=O) groups excluding carboxylic acids is 2. The van der Waals surface area contributed by atoms with Gasteiger partial charge in [-0.2, -0.15) is 0 Å². The molecule has 1 heterocycles. The van der Waals surface area contributed by atoms with Crippen LogP contribution >= 0.6 is 0 Å². The molecule has 1 unspecified atom stereocenters. The Balaban J connectivity index is 1.54. The fourth-order valence-corrected chi connectivity index (χ4v) is 3.99. The van der Waals surface area contributed by atoms with E-state index in [-0.39, 0.29) is 17.7 Å². The number of carbonyl (C=O) groups is 2. The smallest absolute Gasteiger partial charge is 0.251 e. The summed E-state index contributed by atoms with van der Waals surface area (Å²) in [4.78, 5) is 29.4. The van der Waals surface area contributed by atoms with E-state index in [1.165, 1.54) is 21.3 Å². The van der Waals surface area contributed by atoms with Gasteiger partial charge < -0.3 is 24.1 Å². The highest BCUT2D eigenvalue weighted by molar-refractivity contribution is 5.95. The number of nitrogens with zero attached hydrogens (tertiary/aromatic N) is 2. The molecule has 1 atom stereocenters. The molecule has 0 bridgehead atoms. The van der Waals surface area contributed by atoms with Gasteiger partial charge in [0.2, 0.25) is 5.75 Å². The normalized spacial score (nSPS) is 11.8. The molecule has 1 N–H and O–H groups in total. The first-order chi connectivity index (χ1) is 16.4. The fourth-order valence-electron chi connectivity index (χ4n) is 3.99. The zero-order chi connectivity index (χ0) is 24.7. The maximum atomic E-state index is 12.6. The van der Waals surface area contributed by atoms with E-state index in [0.717, 1.165) is 42.5 Å². The first-order valence-corrected chi connectivity index (χ1v) is 11.5. The van der Waals surface area contributed by atoms with Crippen molar-refractivity contribution in [3.63, 3.8) is 0 Å². The van der Waals surface area contributed by atoms with Crippen molar-refractivity contribution in [3.05, 3.63) is 47.8 Å². The highest BCUT2D eigenvalue weighted by Gasteiger charge is 2.19. The van der Waals surface area contributed by atoms with Crippen LogP contribution in [0.4, 0.5) is 0 Å². The van der Waals surface area contributed by atoms with Crippen LogP contribution in [-0.4, -0.2) is 49.1 Å². The van der Waals surface area contributed by atoms with Crippen LogP contribution in [0, 0.1) is 0 Å². The Kier molecular flexibility index (Phi) is 8.51. The number of unbranched alkanes of at least 4 members (excludes halogenated alkanes) is 2. The van der Waals surface area contributed by atoms with E-state index in [4.69, 9.17) is 19.2 Å². The summed E-state index contributed by atoms with van der Waals surface area (Å²) in [7, 11) is 4.56. The first-order valence-electron chi connectivity index (χ1n) is 11.5. The number of amides is 1. The average molecular weight is 468 g/mol. The zero-order valence-electron chi connectivity index (χ0n) is 20.5. The summed E-state index contributed by atoms with van der Waals surface area (Å²) in [6.45, 7) is 4.08. The number of rotatable bonds is 12. The molecule has 0 aliphatic rings. The highest BCUT2D eigenvalue weighted by Crippen LogP contribution is 2.38. The Bertz CT molecular complexity index is 1130. The van der Waals surface area contributed by atoms with E-state index in [2.05, 4.69) is 5.32 Å². The van der Waals surface area contributed by atoms with Gasteiger partial charge in [-0.1, -0.05) is 18.6 Å². The molecular formula is C26H33N3O5. The summed E-state index contributed by atoms with van der Waals surface area (Å²) in [5.74, 6) is 2.16. The molecule has 1 amide bonds. The number of benzene rings is 2. The van der Waals surface area contributed by atoms with Crippen molar-refractivity contribution < 1.29 is 23.8 Å². The fraction of sp³-hybridized carbons (Fsp3) is 0.423. The molecule has 0 spiro atoms. The lowest BCUT2D eigenvalue weighted by Gasteiger charge is -2.15. The number of hydrogen-bond donors (Lipinski definition) is 1. The van der Waals surface area contributed by atoms with Gasteiger partial charge in [-0.05, 0) is 51.0 Å². The maximum absolute atomic E-state index is 12.6. The van der Waals surface area contributed by atoms with E-state index >= 15 is 0 Å². The summed E-state index contributed by atoms with van der Waals surface area (Å²) in [6, 6.07) is 10.9. The van der Waals surface area contributed by atoms with E-state index in [0.29, 0.717) is 29.4 Å². The van der Waals surface area contributed by atoms with Crippen molar-refractivity contribution in [2.45, 2.75) is 45.6 Å². The van der Waals surface area contributed by atoms with Crippen LogP contribution < -0.4 is 19.5 Å². The number of Topliss-reactive ketones (excluding diaryl/α,β-unsaturated/α-hetero) is 1. The lowest BCUT2D eigenvalue weighted by molar-refractivity contribution is -0.119. The SMILES string of the molecule is COc1cc(C(=O)NCCCCCc2nc3ccccc3n2C(C)C(C)=O)cc(OC)c1OC. The van der Waals surface area contributed by atoms with Crippen molar-refractivity contribution >= 4 is 22.7 Å². The molecule has 0 saturated heterocycles. The van der Waals surface area contributed by atoms with Crippen molar-refractivity contribution in [2.75, 3.05) is 27.9 Å². The second-order valence-corrected chi connectivity index (χ2v) is 8.15. The molecule has 34 heavy (non-hydrogen) atoms. The van der Waals surface area contributed by atoms with Gasteiger partial charge in [0.15, 0.2) is 17.3 Å². The molecule has 3 aromatic rings. The molecule has 2 aromatic carbocycles. The van der Waals surface area contributed by atoms with E-state index < -0.39 is 0 Å². The lowest BCUT2D eigenvalue weighted by Crippen LogP contribution is -2.24. The number of fused-ring (bicyclic) bond motifs is 1. The van der Waals surface area contributed by atoms with Crippen molar-refractivity contribution in [1.29, 1.82) is 0 Å². The second-order valence-electron chi connectivity index (χ2n) is 8.15. The third-order valence-corrected chi connectivity index (χ3v) is 5.93. The number of nitrogens with one attached hydrogen (secondary N) is 1. The van der Waals surface area contributed by atoms with Crippen LogP contribution in [0.5, 0.6) is 17.2 Å². The Morgan fingerprint density at radius 1 is 1.00 bits per heavy atom. The molecule has 0 saturated carbocycles. The largest absolute Gasteiger partial charge is 0.493 e. The van der Waals surface area contributed by atoms with E-state index in [9.17, 15) is 9.59 Å². The molecule has 3 rings (SSSR count). The van der Waals surface area contributed by atoms with Gasteiger partial charge in [-0.15, -0.1) is 0 Å². The Morgan fingerprint density at radius 3 is 2.29 bits per heavy atom. The van der Waals surface area contributed by atoms with Gasteiger partial charge in [0.05, 0.1) is 38.4 Å². The average Bonchev–Trinajstić information content (AvgIpc) is 3.22. The number of aromatic nitrogens is 2. The van der Waals surface area contributed by atoms with E-state index in [1.54, 1.807) is 19.1 Å². The van der Waals surface area contributed by atoms with Crippen LogP contribution in [0.1, 0.15) is 55.3 Å². The minimum Gasteiger partial charge on any atom is -0.493 e. The number of methoxy groups -OCH3 is 3. The Hall–Kier alpha value is -3.55. The second kappa shape index (κ2) is 11.5. The monoisotopic (exact) mass is 467 g/mol. The number of ether oxygens (including phenoxy) is 3. The van der Waals surface area contributed by atoms with Gasteiger partial charge in [0, 0.05) is 18.5 Å². The molecule has 182 valence electrons. The molecule has 0 aliphatic carbocycles. The summed E-state index contributed by atoms with van der Waals surface area (Å²) in [5, 5.41) is 2.95. The predicted octanol–water partition coefficient (Wildman–Crippen LogP) is 4.35. The number of ketones is 1. The van der Waals surface area contributed by atoms with Gasteiger partial charge in [-0.3, -0.25) is 9.59 Å².